The van der Waals surface area contributed by atoms with Crippen LogP contribution in [0, 0.1) is 0 Å². The normalized spacial score (nSPS) is 12.1. The van der Waals surface area contributed by atoms with Crippen LogP contribution in [-0.2, 0) is 0 Å². The van der Waals surface area contributed by atoms with Crippen LogP contribution >= 0.6 is 0 Å². The van der Waals surface area contributed by atoms with Crippen LogP contribution in [0.4, 0.5) is 0 Å². The van der Waals surface area contributed by atoms with Gasteiger partial charge in [-0.15, -0.1) is 0 Å². The van der Waals surface area contributed by atoms with Crippen molar-refractivity contribution in [3.8, 4) is 16.9 Å². The standard InChI is InChI=1S/C24H26O/c1-5-7-9-19(6-2)24(16-18(3)4)21-14-12-20(13-15-21)22-10-8-11-23(25)17-22/h6-15,17,25H,2-3,5,16H2,1,4H3. The van der Waals surface area contributed by atoms with Crippen LogP contribution in [-0.4, -0.2) is 5.11 Å². The molecule has 0 fully saturated rings. The fraction of sp³-hybridized carbons (Fsp3) is 0.167. The molecule has 0 aliphatic carbocycles. The fourth-order valence-corrected chi connectivity index (χ4v) is 2.76. The second kappa shape index (κ2) is 8.89. The maximum Gasteiger partial charge on any atom is 0.116 e. The van der Waals surface area contributed by atoms with E-state index < -0.39 is 0 Å². The predicted octanol–water partition coefficient (Wildman–Crippen LogP) is 6.93. The SMILES string of the molecule is C=CC(C=CCC)=C(CC(=C)C)c1ccc(-c2cccc(O)c2)cc1. The highest BCUT2D eigenvalue weighted by molar-refractivity contribution is 5.76. The molecule has 0 saturated heterocycles. The van der Waals surface area contributed by atoms with Crippen molar-refractivity contribution >= 4 is 5.57 Å². The lowest BCUT2D eigenvalue weighted by molar-refractivity contribution is 0.475. The second-order valence-corrected chi connectivity index (χ2v) is 6.21. The largest absolute Gasteiger partial charge is 0.508 e. The van der Waals surface area contributed by atoms with Crippen molar-refractivity contribution in [2.24, 2.45) is 0 Å². The third-order valence-electron chi connectivity index (χ3n) is 3.99. The van der Waals surface area contributed by atoms with E-state index in [0.717, 1.165) is 35.1 Å². The number of allylic oxidation sites excluding steroid dienone is 6. The Morgan fingerprint density at radius 3 is 2.36 bits per heavy atom. The van der Waals surface area contributed by atoms with Crippen LogP contribution in [0.15, 0.2) is 91.1 Å². The maximum absolute atomic E-state index is 9.67. The quantitative estimate of drug-likeness (QED) is 0.431. The zero-order valence-corrected chi connectivity index (χ0v) is 15.1. The Morgan fingerprint density at radius 2 is 1.80 bits per heavy atom. The van der Waals surface area contributed by atoms with Gasteiger partial charge in [-0.2, -0.15) is 0 Å². The molecule has 2 aromatic rings. The van der Waals surface area contributed by atoms with E-state index in [4.69, 9.17) is 0 Å². The molecule has 0 aliphatic rings. The van der Waals surface area contributed by atoms with E-state index in [1.165, 1.54) is 11.1 Å². The third-order valence-corrected chi connectivity index (χ3v) is 3.99. The van der Waals surface area contributed by atoms with Gasteiger partial charge >= 0.3 is 0 Å². The summed E-state index contributed by atoms with van der Waals surface area (Å²) >= 11 is 0. The van der Waals surface area contributed by atoms with Gasteiger partial charge in [0, 0.05) is 0 Å². The summed E-state index contributed by atoms with van der Waals surface area (Å²) in [6.45, 7) is 12.2. The van der Waals surface area contributed by atoms with Gasteiger partial charge in [0.15, 0.2) is 0 Å². The number of benzene rings is 2. The summed E-state index contributed by atoms with van der Waals surface area (Å²) in [4.78, 5) is 0. The van der Waals surface area contributed by atoms with Crippen molar-refractivity contribution in [2.45, 2.75) is 26.7 Å². The fourth-order valence-electron chi connectivity index (χ4n) is 2.76. The van der Waals surface area contributed by atoms with E-state index in [-0.39, 0.29) is 5.75 Å². The van der Waals surface area contributed by atoms with E-state index in [9.17, 15) is 5.11 Å². The van der Waals surface area contributed by atoms with Crippen LogP contribution in [0.25, 0.3) is 16.7 Å². The van der Waals surface area contributed by atoms with E-state index in [1.54, 1.807) is 12.1 Å². The Morgan fingerprint density at radius 1 is 1.08 bits per heavy atom. The van der Waals surface area contributed by atoms with Crippen molar-refractivity contribution in [3.63, 3.8) is 0 Å². The van der Waals surface area contributed by atoms with Crippen molar-refractivity contribution in [1.82, 2.24) is 0 Å². The topological polar surface area (TPSA) is 20.2 Å². The number of hydrogen-bond donors (Lipinski definition) is 1. The van der Waals surface area contributed by atoms with Crippen molar-refractivity contribution < 1.29 is 5.11 Å². The maximum atomic E-state index is 9.67. The summed E-state index contributed by atoms with van der Waals surface area (Å²) < 4.78 is 0. The summed E-state index contributed by atoms with van der Waals surface area (Å²) in [5.74, 6) is 0.281. The van der Waals surface area contributed by atoms with Gasteiger partial charge < -0.3 is 5.11 Å². The van der Waals surface area contributed by atoms with Crippen LogP contribution in [0.1, 0.15) is 32.3 Å². The van der Waals surface area contributed by atoms with Crippen LogP contribution < -0.4 is 0 Å². The van der Waals surface area contributed by atoms with Gasteiger partial charge in [-0.25, -0.2) is 0 Å². The average molecular weight is 330 g/mol. The lowest BCUT2D eigenvalue weighted by Gasteiger charge is -2.13. The van der Waals surface area contributed by atoms with Crippen LogP contribution in [0.5, 0.6) is 5.75 Å². The molecule has 0 aliphatic heterocycles. The first-order valence-electron chi connectivity index (χ1n) is 8.61. The third kappa shape index (κ3) is 5.09. The summed E-state index contributed by atoms with van der Waals surface area (Å²) in [6, 6.07) is 15.7. The molecule has 0 unspecified atom stereocenters. The molecule has 2 aromatic carbocycles. The summed E-state index contributed by atoms with van der Waals surface area (Å²) in [5, 5.41) is 9.67. The molecule has 25 heavy (non-hydrogen) atoms. The van der Waals surface area contributed by atoms with E-state index >= 15 is 0 Å². The molecular formula is C24H26O. The van der Waals surface area contributed by atoms with Gasteiger partial charge in [-0.1, -0.05) is 80.3 Å². The first-order chi connectivity index (χ1) is 12.0. The Kier molecular flexibility index (Phi) is 6.59. The van der Waals surface area contributed by atoms with Gasteiger partial charge in [0.2, 0.25) is 0 Å². The number of rotatable bonds is 7. The molecule has 128 valence electrons. The monoisotopic (exact) mass is 330 g/mol. The van der Waals surface area contributed by atoms with Crippen molar-refractivity contribution in [1.29, 1.82) is 0 Å². The molecule has 0 radical (unpaired) electrons. The zero-order valence-electron chi connectivity index (χ0n) is 15.1. The smallest absolute Gasteiger partial charge is 0.116 e. The van der Waals surface area contributed by atoms with Gasteiger partial charge in [-0.05, 0) is 59.7 Å². The molecular weight excluding hydrogens is 304 g/mol. The number of phenolic OH excluding ortho intramolecular Hbond substituents is 1. The highest BCUT2D eigenvalue weighted by Crippen LogP contribution is 2.30. The molecule has 2 rings (SSSR count). The number of phenols is 1. The molecule has 0 aromatic heterocycles. The van der Waals surface area contributed by atoms with E-state index in [2.05, 4.69) is 56.5 Å². The molecule has 0 heterocycles. The molecule has 1 nitrogen and oxygen atoms in total. The Hall–Kier alpha value is -2.80. The molecule has 1 heteroatoms. The highest BCUT2D eigenvalue weighted by atomic mass is 16.3. The van der Waals surface area contributed by atoms with Gasteiger partial charge in [-0.3, -0.25) is 0 Å². The number of hydrogen-bond acceptors (Lipinski definition) is 1. The van der Waals surface area contributed by atoms with E-state index in [1.807, 2.05) is 25.1 Å². The minimum Gasteiger partial charge on any atom is -0.508 e. The van der Waals surface area contributed by atoms with Crippen molar-refractivity contribution in [2.75, 3.05) is 0 Å². The summed E-state index contributed by atoms with van der Waals surface area (Å²) in [7, 11) is 0. The number of aromatic hydroxyl groups is 1. The van der Waals surface area contributed by atoms with Gasteiger partial charge in [0.05, 0.1) is 0 Å². The summed E-state index contributed by atoms with van der Waals surface area (Å²) in [5.41, 5.74) is 6.74. The van der Waals surface area contributed by atoms with Gasteiger partial charge in [0.1, 0.15) is 5.75 Å². The summed E-state index contributed by atoms with van der Waals surface area (Å²) in [6.07, 6.45) is 8.01. The second-order valence-electron chi connectivity index (χ2n) is 6.21. The minimum atomic E-state index is 0.281. The lowest BCUT2D eigenvalue weighted by atomic mass is 9.92. The van der Waals surface area contributed by atoms with Crippen LogP contribution in [0.2, 0.25) is 0 Å². The zero-order chi connectivity index (χ0) is 18.2. The van der Waals surface area contributed by atoms with Crippen LogP contribution in [0.3, 0.4) is 0 Å². The Bertz CT molecular complexity index is 804. The molecule has 0 bridgehead atoms. The predicted molar refractivity (Wildman–Crippen MR) is 110 cm³/mol. The van der Waals surface area contributed by atoms with Gasteiger partial charge in [0.25, 0.3) is 0 Å². The molecule has 1 N–H and O–H groups in total. The molecule has 0 spiro atoms. The Balaban J connectivity index is 2.45. The average Bonchev–Trinajstić information content (AvgIpc) is 2.61. The Labute approximate surface area is 151 Å². The molecule has 0 atom stereocenters. The first-order valence-corrected chi connectivity index (χ1v) is 8.61. The first kappa shape index (κ1) is 18.5. The molecule has 0 saturated carbocycles. The molecule has 0 amide bonds. The van der Waals surface area contributed by atoms with Crippen molar-refractivity contribution in [3.05, 3.63) is 96.6 Å². The lowest BCUT2D eigenvalue weighted by Crippen LogP contribution is -1.91. The minimum absolute atomic E-state index is 0.281. The highest BCUT2D eigenvalue weighted by Gasteiger charge is 2.07. The van der Waals surface area contributed by atoms with E-state index in [0.29, 0.717) is 0 Å².